The van der Waals surface area contributed by atoms with Gasteiger partial charge in [0.25, 0.3) is 16.0 Å². The minimum atomic E-state index is -4.08. The molecule has 2 N–H and O–H groups in total. The number of H-pyrrole nitrogens is 1. The number of rotatable bonds is 7. The Morgan fingerprint density at radius 2 is 2.00 bits per heavy atom. The molecule has 1 saturated heterocycles. The monoisotopic (exact) mass is 526 g/mol. The van der Waals surface area contributed by atoms with Gasteiger partial charge in [0, 0.05) is 12.5 Å². The first-order valence-corrected chi connectivity index (χ1v) is 13.1. The van der Waals surface area contributed by atoms with Crippen molar-refractivity contribution in [3.05, 3.63) is 93.2 Å². The number of aromatic hydroxyl groups is 1. The van der Waals surface area contributed by atoms with Gasteiger partial charge < -0.3 is 10.0 Å². The molecule has 10 nitrogen and oxygen atoms in total. The summed E-state index contributed by atoms with van der Waals surface area (Å²) in [4.78, 5) is 26.6. The van der Waals surface area contributed by atoms with E-state index in [9.17, 15) is 32.8 Å². The molecule has 1 amide bonds. The summed E-state index contributed by atoms with van der Waals surface area (Å²) < 4.78 is 44.8. The number of carbonyl (C=O) groups is 1. The highest BCUT2D eigenvalue weighted by atomic mass is 32.2. The molecular weight excluding hydrogens is 503 g/mol. The largest absolute Gasteiger partial charge is 0.502 e. The van der Waals surface area contributed by atoms with E-state index in [1.807, 2.05) is 6.07 Å². The Kier molecular flexibility index (Phi) is 7.37. The number of nitrogens with zero attached hydrogens (tertiary/aromatic N) is 3. The molecule has 1 aliphatic heterocycles. The van der Waals surface area contributed by atoms with Gasteiger partial charge in [-0.3, -0.25) is 18.9 Å². The zero-order chi connectivity index (χ0) is 26.7. The highest BCUT2D eigenvalue weighted by Crippen LogP contribution is 2.38. The minimum Gasteiger partial charge on any atom is -0.502 e. The van der Waals surface area contributed by atoms with E-state index in [0.717, 1.165) is 12.5 Å². The number of aromatic amines is 1. The Morgan fingerprint density at radius 1 is 1.27 bits per heavy atom. The number of aromatic nitrogens is 2. The topological polar surface area (TPSA) is 153 Å². The summed E-state index contributed by atoms with van der Waals surface area (Å²) in [5, 5.41) is 25.3. The Hall–Kier alpha value is -4.08. The lowest BCUT2D eigenvalue weighted by atomic mass is 9.82. The van der Waals surface area contributed by atoms with Gasteiger partial charge in [0.05, 0.1) is 30.1 Å². The standard InChI is InChI=1S/C25H23FN4O6S/c1-37(34,35)36-24(19-6-3-11-30(19)25(33)22-23(32)20(31)14-28-29-22)21(17-4-2-5-18(26)12-17)16-9-7-15(13-27)8-10-16/h2,4-5,7-10,12,14,19,21,24H,3,6,11H2,1H3,(H,28,32)(H,29,31)/t19-,21?,24?/m1/s1. The molecule has 0 bridgehead atoms. The molecule has 1 aliphatic rings. The third-order valence-corrected chi connectivity index (χ3v) is 6.77. The zero-order valence-electron chi connectivity index (χ0n) is 19.7. The zero-order valence-corrected chi connectivity index (χ0v) is 20.5. The summed E-state index contributed by atoms with van der Waals surface area (Å²) in [5.74, 6) is -2.98. The van der Waals surface area contributed by atoms with Gasteiger partial charge in [0.1, 0.15) is 11.9 Å². The molecule has 0 aliphatic carbocycles. The van der Waals surface area contributed by atoms with Gasteiger partial charge in [-0.1, -0.05) is 24.3 Å². The maximum absolute atomic E-state index is 14.3. The summed E-state index contributed by atoms with van der Waals surface area (Å²) in [6.45, 7) is 0.187. The normalized spacial score (nSPS) is 17.2. The lowest BCUT2D eigenvalue weighted by Crippen LogP contribution is -2.47. The molecule has 2 unspecified atom stereocenters. The summed E-state index contributed by atoms with van der Waals surface area (Å²) in [7, 11) is -4.08. The number of halogens is 1. The molecule has 2 aromatic carbocycles. The second-order valence-corrected chi connectivity index (χ2v) is 10.3. The predicted octanol–water partition coefficient (Wildman–Crippen LogP) is 2.27. The fourth-order valence-electron chi connectivity index (χ4n) is 4.65. The summed E-state index contributed by atoms with van der Waals surface area (Å²) in [5.41, 5.74) is 0.0247. The second kappa shape index (κ2) is 10.5. The van der Waals surface area contributed by atoms with Crippen LogP contribution in [0.1, 0.15) is 45.9 Å². The van der Waals surface area contributed by atoms with Crippen LogP contribution in [-0.2, 0) is 14.3 Å². The van der Waals surface area contributed by atoms with Crippen LogP contribution in [0.15, 0.2) is 59.5 Å². The molecule has 1 fully saturated rings. The number of amides is 1. The molecule has 0 spiro atoms. The summed E-state index contributed by atoms with van der Waals surface area (Å²) >= 11 is 0. The molecule has 12 heteroatoms. The Bertz CT molecular complexity index is 1520. The highest BCUT2D eigenvalue weighted by Gasteiger charge is 2.43. The maximum Gasteiger partial charge on any atom is 0.276 e. The van der Waals surface area contributed by atoms with Crippen LogP contribution in [0.25, 0.3) is 0 Å². The second-order valence-electron chi connectivity index (χ2n) is 8.70. The van der Waals surface area contributed by atoms with Crippen LogP contribution in [0.3, 0.4) is 0 Å². The van der Waals surface area contributed by atoms with Gasteiger partial charge >= 0.3 is 0 Å². The van der Waals surface area contributed by atoms with Crippen LogP contribution in [0.2, 0.25) is 0 Å². The summed E-state index contributed by atoms with van der Waals surface area (Å²) in [6.07, 6.45) is 1.32. The lowest BCUT2D eigenvalue weighted by molar-refractivity contribution is 0.0526. The molecule has 192 valence electrons. The van der Waals surface area contributed by atoms with Gasteiger partial charge in [-0.25, -0.2) is 4.39 Å². The summed E-state index contributed by atoms with van der Waals surface area (Å²) in [6, 6.07) is 13.1. The van der Waals surface area contributed by atoms with Crippen molar-refractivity contribution in [2.24, 2.45) is 0 Å². The molecule has 4 rings (SSSR count). The molecule has 3 aromatic rings. The van der Waals surface area contributed by atoms with Gasteiger partial charge in [-0.2, -0.15) is 18.8 Å². The van der Waals surface area contributed by atoms with E-state index in [1.54, 1.807) is 30.3 Å². The number of nitrogens with one attached hydrogen (secondary N) is 1. The smallest absolute Gasteiger partial charge is 0.276 e. The van der Waals surface area contributed by atoms with Gasteiger partial charge in [-0.15, -0.1) is 0 Å². The first kappa shape index (κ1) is 26.0. The SMILES string of the molecule is CS(=O)(=O)OC(C(c1ccc(C#N)cc1)c1cccc(F)c1)[C@H]1CCCN1C(=O)c1[nH]ncc(=O)c1O. The van der Waals surface area contributed by atoms with E-state index in [-0.39, 0.29) is 6.54 Å². The van der Waals surface area contributed by atoms with Gasteiger partial charge in [-0.05, 0) is 48.2 Å². The van der Waals surface area contributed by atoms with Crippen molar-refractivity contribution < 1.29 is 26.9 Å². The minimum absolute atomic E-state index is 0.187. The predicted molar refractivity (Wildman–Crippen MR) is 130 cm³/mol. The third kappa shape index (κ3) is 5.68. The number of benzene rings is 2. The van der Waals surface area contributed by atoms with Crippen LogP contribution >= 0.6 is 0 Å². The van der Waals surface area contributed by atoms with Crippen LogP contribution in [-0.4, -0.2) is 59.5 Å². The van der Waals surface area contributed by atoms with Crippen LogP contribution in [0, 0.1) is 17.1 Å². The van der Waals surface area contributed by atoms with E-state index in [0.29, 0.717) is 29.5 Å². The van der Waals surface area contributed by atoms with Crippen molar-refractivity contribution in [2.45, 2.75) is 30.9 Å². The average Bonchev–Trinajstić information content (AvgIpc) is 3.34. The molecule has 3 atom stereocenters. The average molecular weight is 527 g/mol. The molecule has 1 aromatic heterocycles. The fourth-order valence-corrected chi connectivity index (χ4v) is 5.30. The van der Waals surface area contributed by atoms with Gasteiger partial charge in [0.15, 0.2) is 11.4 Å². The number of hydrogen-bond donors (Lipinski definition) is 2. The van der Waals surface area contributed by atoms with Crippen molar-refractivity contribution in [3.63, 3.8) is 0 Å². The van der Waals surface area contributed by atoms with Crippen molar-refractivity contribution in [1.29, 1.82) is 5.26 Å². The maximum atomic E-state index is 14.3. The van der Waals surface area contributed by atoms with Crippen molar-refractivity contribution in [1.82, 2.24) is 15.1 Å². The lowest BCUT2D eigenvalue weighted by Gasteiger charge is -2.36. The first-order valence-electron chi connectivity index (χ1n) is 11.3. The van der Waals surface area contributed by atoms with E-state index in [4.69, 9.17) is 4.18 Å². The molecule has 2 heterocycles. The van der Waals surface area contributed by atoms with Crippen molar-refractivity contribution >= 4 is 16.0 Å². The van der Waals surface area contributed by atoms with E-state index in [1.165, 1.54) is 23.1 Å². The molecule has 37 heavy (non-hydrogen) atoms. The fraction of sp³-hybridized carbons (Fsp3) is 0.280. The van der Waals surface area contributed by atoms with Crippen LogP contribution < -0.4 is 5.43 Å². The third-order valence-electron chi connectivity index (χ3n) is 6.20. The van der Waals surface area contributed by atoms with Crippen LogP contribution in [0.4, 0.5) is 4.39 Å². The van der Waals surface area contributed by atoms with E-state index >= 15 is 0 Å². The Labute approximate surface area is 212 Å². The quantitative estimate of drug-likeness (QED) is 0.445. The van der Waals surface area contributed by atoms with E-state index in [2.05, 4.69) is 10.2 Å². The van der Waals surface area contributed by atoms with E-state index < -0.39 is 56.8 Å². The highest BCUT2D eigenvalue weighted by molar-refractivity contribution is 7.86. The Morgan fingerprint density at radius 3 is 2.65 bits per heavy atom. The molecular formula is C25H23FN4O6S. The number of carbonyl (C=O) groups excluding carboxylic acids is 1. The Balaban J connectivity index is 1.85. The molecule has 0 saturated carbocycles. The van der Waals surface area contributed by atoms with Crippen molar-refractivity contribution in [3.8, 4) is 11.8 Å². The molecule has 0 radical (unpaired) electrons. The van der Waals surface area contributed by atoms with Crippen molar-refractivity contribution in [2.75, 3.05) is 12.8 Å². The number of hydrogen-bond acceptors (Lipinski definition) is 8. The number of nitriles is 1. The first-order chi connectivity index (χ1) is 17.6. The van der Waals surface area contributed by atoms with Gasteiger partial charge in [0.2, 0.25) is 5.43 Å². The number of likely N-dealkylation sites (tertiary alicyclic amines) is 1. The van der Waals surface area contributed by atoms with Crippen LogP contribution in [0.5, 0.6) is 5.75 Å².